The molecule has 3 atom stereocenters. The van der Waals surface area contributed by atoms with Crippen molar-refractivity contribution in [2.45, 2.75) is 52.6 Å². The molecule has 1 saturated carbocycles. The van der Waals surface area contributed by atoms with Crippen molar-refractivity contribution in [2.75, 3.05) is 0 Å². The molecule has 0 N–H and O–H groups in total. The molecule has 0 saturated heterocycles. The van der Waals surface area contributed by atoms with Crippen LogP contribution in [0.5, 0.6) is 0 Å². The van der Waals surface area contributed by atoms with Gasteiger partial charge >= 0.3 is 0 Å². The summed E-state index contributed by atoms with van der Waals surface area (Å²) in [6, 6.07) is 7.36. The van der Waals surface area contributed by atoms with E-state index >= 15 is 0 Å². The number of benzene rings is 1. The Labute approximate surface area is 153 Å². The number of Topliss-reactive ketones (excluding diaryl/α,β-unsaturated/α-hetero) is 2. The van der Waals surface area contributed by atoms with Gasteiger partial charge in [0.1, 0.15) is 17.9 Å². The van der Waals surface area contributed by atoms with Gasteiger partial charge in [0, 0.05) is 24.2 Å². The fourth-order valence-corrected chi connectivity index (χ4v) is 4.09. The molecule has 26 heavy (non-hydrogen) atoms. The minimum Gasteiger partial charge on any atom is -0.298 e. The number of carbonyl (C=O) groups is 2. The van der Waals surface area contributed by atoms with Gasteiger partial charge in [0.05, 0.1) is 0 Å². The quantitative estimate of drug-likeness (QED) is 0.759. The molecule has 2 aromatic rings. The molecular formula is C22H24FNO2. The molecule has 4 heteroatoms. The van der Waals surface area contributed by atoms with Gasteiger partial charge < -0.3 is 0 Å². The molecule has 136 valence electrons. The second-order valence-electron chi connectivity index (χ2n) is 7.42. The molecule has 0 bridgehead atoms. The summed E-state index contributed by atoms with van der Waals surface area (Å²) >= 11 is 0. The van der Waals surface area contributed by atoms with Gasteiger partial charge in [-0.1, -0.05) is 17.7 Å². The first kappa shape index (κ1) is 18.4. The van der Waals surface area contributed by atoms with Gasteiger partial charge in [0.2, 0.25) is 0 Å². The number of alkyl halides is 1. The van der Waals surface area contributed by atoms with E-state index in [2.05, 4.69) is 4.98 Å². The Kier molecular flexibility index (Phi) is 5.03. The van der Waals surface area contributed by atoms with Crippen molar-refractivity contribution in [3.05, 3.63) is 64.0 Å². The molecule has 1 aromatic heterocycles. The summed E-state index contributed by atoms with van der Waals surface area (Å²) in [7, 11) is 0. The number of hydrogen-bond donors (Lipinski definition) is 0. The second-order valence-corrected chi connectivity index (χ2v) is 7.42. The molecule has 0 amide bonds. The van der Waals surface area contributed by atoms with E-state index in [-0.39, 0.29) is 23.9 Å². The SMILES string of the molecule is Cc1cc(C)c(C2C(=O)CC(Cc3cc(C(C)F)ccn3)C2=O)c(C)c1. The third kappa shape index (κ3) is 3.46. The van der Waals surface area contributed by atoms with Crippen molar-refractivity contribution in [3.8, 4) is 0 Å². The van der Waals surface area contributed by atoms with E-state index in [1.54, 1.807) is 18.3 Å². The average Bonchev–Trinajstić information content (AvgIpc) is 2.82. The summed E-state index contributed by atoms with van der Waals surface area (Å²) < 4.78 is 13.5. The van der Waals surface area contributed by atoms with Crippen molar-refractivity contribution in [3.63, 3.8) is 0 Å². The lowest BCUT2D eigenvalue weighted by Crippen LogP contribution is -2.19. The number of nitrogens with zero attached hydrogens (tertiary/aromatic N) is 1. The molecule has 1 heterocycles. The van der Waals surface area contributed by atoms with E-state index in [1.807, 2.05) is 32.9 Å². The zero-order valence-corrected chi connectivity index (χ0v) is 15.7. The van der Waals surface area contributed by atoms with Crippen LogP contribution in [0.15, 0.2) is 30.5 Å². The maximum absolute atomic E-state index is 13.5. The number of carbonyl (C=O) groups excluding carboxylic acids is 2. The van der Waals surface area contributed by atoms with E-state index in [9.17, 15) is 14.0 Å². The largest absolute Gasteiger partial charge is 0.298 e. The van der Waals surface area contributed by atoms with Crippen LogP contribution in [0.2, 0.25) is 0 Å². The lowest BCUT2D eigenvalue weighted by atomic mass is 9.86. The van der Waals surface area contributed by atoms with E-state index < -0.39 is 12.1 Å². The van der Waals surface area contributed by atoms with Crippen LogP contribution in [0.1, 0.15) is 58.9 Å². The van der Waals surface area contributed by atoms with E-state index in [1.165, 1.54) is 6.92 Å². The summed E-state index contributed by atoms with van der Waals surface area (Å²) in [5, 5.41) is 0. The second kappa shape index (κ2) is 7.10. The predicted octanol–water partition coefficient (Wildman–Crippen LogP) is 4.52. The Hall–Kier alpha value is -2.36. The summed E-state index contributed by atoms with van der Waals surface area (Å²) in [6.45, 7) is 7.39. The van der Waals surface area contributed by atoms with Crippen molar-refractivity contribution in [1.29, 1.82) is 0 Å². The predicted molar refractivity (Wildman–Crippen MR) is 99.0 cm³/mol. The summed E-state index contributed by atoms with van der Waals surface area (Å²) in [5.74, 6) is -1.12. The van der Waals surface area contributed by atoms with E-state index in [4.69, 9.17) is 0 Å². The number of ketones is 2. The van der Waals surface area contributed by atoms with Crippen LogP contribution in [0, 0.1) is 26.7 Å². The van der Waals surface area contributed by atoms with Crippen LogP contribution in [0.25, 0.3) is 0 Å². The Morgan fingerprint density at radius 3 is 2.42 bits per heavy atom. The molecule has 3 nitrogen and oxygen atoms in total. The number of hydrogen-bond acceptors (Lipinski definition) is 3. The first-order chi connectivity index (χ1) is 12.3. The molecule has 1 aliphatic carbocycles. The highest BCUT2D eigenvalue weighted by atomic mass is 19.1. The van der Waals surface area contributed by atoms with Gasteiger partial charge in [-0.2, -0.15) is 0 Å². The molecule has 3 rings (SSSR count). The molecule has 1 fully saturated rings. The van der Waals surface area contributed by atoms with Gasteiger partial charge in [-0.3, -0.25) is 14.6 Å². The minimum absolute atomic E-state index is 0.0231. The first-order valence-corrected chi connectivity index (χ1v) is 9.01. The number of aryl methyl sites for hydroxylation is 3. The third-order valence-corrected chi connectivity index (χ3v) is 5.24. The number of rotatable bonds is 4. The molecule has 1 aromatic carbocycles. The Morgan fingerprint density at radius 1 is 1.15 bits per heavy atom. The highest BCUT2D eigenvalue weighted by Gasteiger charge is 2.43. The number of halogens is 1. The molecular weight excluding hydrogens is 329 g/mol. The molecule has 0 spiro atoms. The van der Waals surface area contributed by atoms with Crippen molar-refractivity contribution in [1.82, 2.24) is 4.98 Å². The van der Waals surface area contributed by atoms with Crippen LogP contribution in [0.4, 0.5) is 4.39 Å². The molecule has 3 unspecified atom stereocenters. The Morgan fingerprint density at radius 2 is 1.81 bits per heavy atom. The topological polar surface area (TPSA) is 47.0 Å². The molecule has 1 aliphatic rings. The van der Waals surface area contributed by atoms with Crippen molar-refractivity contribution in [2.24, 2.45) is 5.92 Å². The van der Waals surface area contributed by atoms with Gasteiger partial charge in [0.15, 0.2) is 5.78 Å². The number of aromatic nitrogens is 1. The zero-order chi connectivity index (χ0) is 19.0. The fourth-order valence-electron chi connectivity index (χ4n) is 4.09. The monoisotopic (exact) mass is 353 g/mol. The standard InChI is InChI=1S/C22H24FNO2/c1-12-7-13(2)20(14(3)8-12)21-19(25)11-17(22(21)26)10-18-9-16(15(4)23)5-6-24-18/h5-9,15,17,21H,10-11H2,1-4H3. The fraction of sp³-hybridized carbons (Fsp3) is 0.409. The van der Waals surface area contributed by atoms with Crippen LogP contribution in [0.3, 0.4) is 0 Å². The van der Waals surface area contributed by atoms with Crippen LogP contribution >= 0.6 is 0 Å². The highest BCUT2D eigenvalue weighted by Crippen LogP contribution is 2.37. The van der Waals surface area contributed by atoms with Crippen LogP contribution in [-0.4, -0.2) is 16.6 Å². The van der Waals surface area contributed by atoms with Gasteiger partial charge in [-0.15, -0.1) is 0 Å². The van der Waals surface area contributed by atoms with Gasteiger partial charge in [-0.25, -0.2) is 4.39 Å². The molecule has 0 aliphatic heterocycles. The Bertz CT molecular complexity index is 849. The summed E-state index contributed by atoms with van der Waals surface area (Å²) in [5.41, 5.74) is 5.17. The van der Waals surface area contributed by atoms with Crippen LogP contribution < -0.4 is 0 Å². The normalized spacial score (nSPS) is 21.3. The van der Waals surface area contributed by atoms with Crippen molar-refractivity contribution < 1.29 is 14.0 Å². The lowest BCUT2D eigenvalue weighted by Gasteiger charge is -2.16. The summed E-state index contributed by atoms with van der Waals surface area (Å²) in [4.78, 5) is 29.9. The Balaban J connectivity index is 1.87. The summed E-state index contributed by atoms with van der Waals surface area (Å²) in [6.07, 6.45) is 1.09. The smallest absolute Gasteiger partial charge is 0.151 e. The maximum atomic E-state index is 13.5. The maximum Gasteiger partial charge on any atom is 0.151 e. The van der Waals surface area contributed by atoms with Crippen molar-refractivity contribution >= 4 is 11.6 Å². The van der Waals surface area contributed by atoms with E-state index in [0.29, 0.717) is 17.7 Å². The molecule has 0 radical (unpaired) electrons. The zero-order valence-electron chi connectivity index (χ0n) is 15.7. The van der Waals surface area contributed by atoms with E-state index in [0.717, 1.165) is 22.3 Å². The first-order valence-electron chi connectivity index (χ1n) is 9.01. The average molecular weight is 353 g/mol. The minimum atomic E-state index is -1.08. The van der Waals surface area contributed by atoms with Gasteiger partial charge in [-0.05, 0) is 68.5 Å². The lowest BCUT2D eigenvalue weighted by molar-refractivity contribution is -0.124. The van der Waals surface area contributed by atoms with Crippen LogP contribution in [-0.2, 0) is 16.0 Å². The number of pyridine rings is 1. The third-order valence-electron chi connectivity index (χ3n) is 5.24. The highest BCUT2D eigenvalue weighted by molar-refractivity contribution is 6.15. The van der Waals surface area contributed by atoms with Gasteiger partial charge in [0.25, 0.3) is 0 Å².